The third-order valence-corrected chi connectivity index (χ3v) is 3.80. The van der Waals surface area contributed by atoms with Gasteiger partial charge in [0.1, 0.15) is 5.84 Å². The number of hydrogen-bond donors (Lipinski definition) is 3. The molecule has 0 fully saturated rings. The van der Waals surface area contributed by atoms with Gasteiger partial charge >= 0.3 is 0 Å². The number of hydrogen-bond acceptors (Lipinski definition) is 5. The number of amidine groups is 1. The van der Waals surface area contributed by atoms with Crippen molar-refractivity contribution in [1.82, 2.24) is 9.71 Å². The molecule has 0 aliphatic carbocycles. The third-order valence-electron chi connectivity index (χ3n) is 2.41. The maximum absolute atomic E-state index is 11.7. The number of aryl methyl sites for hydroxylation is 1. The van der Waals surface area contributed by atoms with Gasteiger partial charge in [0.2, 0.25) is 10.0 Å². The SMILES string of the molecule is N/C(CCCNS(=O)(=O)CCc1ccccn1)=N/O. The molecule has 0 amide bonds. The molecule has 8 heteroatoms. The molecule has 0 saturated heterocycles. The molecule has 0 aliphatic rings. The standard InChI is InChI=1S/C11H18N4O3S/c12-11(15-16)5-3-8-14-19(17,18)9-6-10-4-1-2-7-13-10/h1-2,4,7,14,16H,3,5-6,8-9H2,(H2,12,15). The molecule has 1 aromatic heterocycles. The number of oxime groups is 1. The zero-order valence-corrected chi connectivity index (χ0v) is 11.3. The van der Waals surface area contributed by atoms with Crippen LogP contribution < -0.4 is 10.5 Å². The molecule has 0 saturated carbocycles. The molecule has 0 aliphatic heterocycles. The lowest BCUT2D eigenvalue weighted by molar-refractivity contribution is 0.316. The Morgan fingerprint density at radius 2 is 2.26 bits per heavy atom. The largest absolute Gasteiger partial charge is 0.409 e. The molecule has 0 atom stereocenters. The molecule has 1 aromatic rings. The topological polar surface area (TPSA) is 118 Å². The number of pyridine rings is 1. The lowest BCUT2D eigenvalue weighted by atomic mass is 10.3. The highest BCUT2D eigenvalue weighted by atomic mass is 32.2. The summed E-state index contributed by atoms with van der Waals surface area (Å²) in [7, 11) is -3.32. The molecule has 1 rings (SSSR count). The average Bonchev–Trinajstić information content (AvgIpc) is 2.42. The van der Waals surface area contributed by atoms with Gasteiger partial charge in [-0.05, 0) is 18.6 Å². The van der Waals surface area contributed by atoms with Gasteiger partial charge in [0, 0.05) is 31.3 Å². The van der Waals surface area contributed by atoms with Crippen LogP contribution in [-0.4, -0.2) is 36.7 Å². The van der Waals surface area contributed by atoms with Crippen molar-refractivity contribution in [1.29, 1.82) is 0 Å². The van der Waals surface area contributed by atoms with Crippen LogP contribution in [0.5, 0.6) is 0 Å². The Bertz CT molecular complexity index is 502. The Hall–Kier alpha value is -1.67. The molecule has 0 unspecified atom stereocenters. The van der Waals surface area contributed by atoms with E-state index in [-0.39, 0.29) is 18.1 Å². The Morgan fingerprint density at radius 3 is 2.89 bits per heavy atom. The number of rotatable bonds is 8. The lowest BCUT2D eigenvalue weighted by Gasteiger charge is -2.06. The summed E-state index contributed by atoms with van der Waals surface area (Å²) >= 11 is 0. The number of aromatic nitrogens is 1. The molecule has 106 valence electrons. The third kappa shape index (κ3) is 6.73. The Morgan fingerprint density at radius 1 is 1.47 bits per heavy atom. The number of nitrogens with two attached hydrogens (primary N) is 1. The first kappa shape index (κ1) is 15.4. The minimum atomic E-state index is -3.32. The summed E-state index contributed by atoms with van der Waals surface area (Å²) in [5.41, 5.74) is 6.01. The van der Waals surface area contributed by atoms with Crippen molar-refractivity contribution < 1.29 is 13.6 Å². The molecule has 0 bridgehead atoms. The van der Waals surface area contributed by atoms with Crippen LogP contribution in [0.2, 0.25) is 0 Å². The van der Waals surface area contributed by atoms with E-state index in [0.717, 1.165) is 5.69 Å². The summed E-state index contributed by atoms with van der Waals surface area (Å²) in [6, 6.07) is 5.39. The van der Waals surface area contributed by atoms with Crippen molar-refractivity contribution >= 4 is 15.9 Å². The lowest BCUT2D eigenvalue weighted by Crippen LogP contribution is -2.29. The Balaban J connectivity index is 2.28. The first-order chi connectivity index (χ1) is 9.03. The van der Waals surface area contributed by atoms with Crippen LogP contribution >= 0.6 is 0 Å². The molecule has 4 N–H and O–H groups in total. The fourth-order valence-corrected chi connectivity index (χ4v) is 2.48. The van der Waals surface area contributed by atoms with Crippen LogP contribution in [0, 0.1) is 0 Å². The van der Waals surface area contributed by atoms with E-state index in [0.29, 0.717) is 19.3 Å². The summed E-state index contributed by atoms with van der Waals surface area (Å²) in [4.78, 5) is 4.06. The van der Waals surface area contributed by atoms with E-state index < -0.39 is 10.0 Å². The fraction of sp³-hybridized carbons (Fsp3) is 0.455. The van der Waals surface area contributed by atoms with E-state index in [1.54, 1.807) is 18.3 Å². The summed E-state index contributed by atoms with van der Waals surface area (Å²) in [6.45, 7) is 0.265. The van der Waals surface area contributed by atoms with E-state index in [1.807, 2.05) is 6.07 Å². The van der Waals surface area contributed by atoms with Gasteiger partial charge in [-0.15, -0.1) is 0 Å². The van der Waals surface area contributed by atoms with Crippen LogP contribution in [0.3, 0.4) is 0 Å². The number of nitrogens with zero attached hydrogens (tertiary/aromatic N) is 2. The molecule has 0 aromatic carbocycles. The van der Waals surface area contributed by atoms with Crippen LogP contribution in [0.25, 0.3) is 0 Å². The van der Waals surface area contributed by atoms with E-state index in [9.17, 15) is 8.42 Å². The maximum Gasteiger partial charge on any atom is 0.211 e. The zero-order chi connectivity index (χ0) is 14.1. The minimum Gasteiger partial charge on any atom is -0.409 e. The second kappa shape index (κ2) is 7.70. The van der Waals surface area contributed by atoms with Crippen LogP contribution in [0.15, 0.2) is 29.6 Å². The van der Waals surface area contributed by atoms with Gasteiger partial charge in [0.25, 0.3) is 0 Å². The zero-order valence-electron chi connectivity index (χ0n) is 10.5. The fourth-order valence-electron chi connectivity index (χ4n) is 1.40. The first-order valence-electron chi connectivity index (χ1n) is 5.87. The van der Waals surface area contributed by atoms with Crippen molar-refractivity contribution in [2.45, 2.75) is 19.3 Å². The van der Waals surface area contributed by atoms with E-state index >= 15 is 0 Å². The minimum absolute atomic E-state index is 0.00636. The highest BCUT2D eigenvalue weighted by molar-refractivity contribution is 7.89. The number of nitrogens with one attached hydrogen (secondary N) is 1. The van der Waals surface area contributed by atoms with E-state index in [4.69, 9.17) is 10.9 Å². The van der Waals surface area contributed by atoms with Gasteiger partial charge in [-0.25, -0.2) is 13.1 Å². The smallest absolute Gasteiger partial charge is 0.211 e. The molecule has 0 spiro atoms. The van der Waals surface area contributed by atoms with Gasteiger partial charge in [0.15, 0.2) is 0 Å². The summed E-state index contributed by atoms with van der Waals surface area (Å²) in [5.74, 6) is 0.0841. The quantitative estimate of drug-likeness (QED) is 0.205. The van der Waals surface area contributed by atoms with Gasteiger partial charge in [-0.1, -0.05) is 11.2 Å². The normalized spacial score (nSPS) is 12.5. The Kier molecular flexibility index (Phi) is 6.23. The monoisotopic (exact) mass is 286 g/mol. The van der Waals surface area contributed by atoms with E-state index in [1.165, 1.54) is 0 Å². The maximum atomic E-state index is 11.7. The summed E-state index contributed by atoms with van der Waals surface area (Å²) < 4.78 is 25.8. The molecule has 19 heavy (non-hydrogen) atoms. The second-order valence-corrected chi connectivity index (χ2v) is 5.91. The average molecular weight is 286 g/mol. The predicted octanol–water partition coefficient (Wildman–Crippen LogP) is 0.0701. The van der Waals surface area contributed by atoms with Crippen LogP contribution in [0.4, 0.5) is 0 Å². The first-order valence-corrected chi connectivity index (χ1v) is 7.52. The van der Waals surface area contributed by atoms with Crippen LogP contribution in [0.1, 0.15) is 18.5 Å². The highest BCUT2D eigenvalue weighted by Gasteiger charge is 2.10. The van der Waals surface area contributed by atoms with Gasteiger partial charge in [-0.3, -0.25) is 4.98 Å². The Labute approximate surface area is 112 Å². The van der Waals surface area contributed by atoms with E-state index in [2.05, 4.69) is 14.9 Å². The molecule has 7 nitrogen and oxygen atoms in total. The molecule has 0 radical (unpaired) electrons. The van der Waals surface area contributed by atoms with Crippen molar-refractivity contribution in [2.24, 2.45) is 10.9 Å². The molecule has 1 heterocycles. The van der Waals surface area contributed by atoms with Crippen molar-refractivity contribution in [3.05, 3.63) is 30.1 Å². The summed E-state index contributed by atoms with van der Waals surface area (Å²) in [5, 5.41) is 11.1. The van der Waals surface area contributed by atoms with Crippen molar-refractivity contribution in [3.8, 4) is 0 Å². The molecular weight excluding hydrogens is 268 g/mol. The van der Waals surface area contributed by atoms with Crippen molar-refractivity contribution in [3.63, 3.8) is 0 Å². The van der Waals surface area contributed by atoms with Gasteiger partial charge in [0.05, 0.1) is 5.75 Å². The van der Waals surface area contributed by atoms with Gasteiger partial charge < -0.3 is 10.9 Å². The number of sulfonamides is 1. The molecular formula is C11H18N4O3S. The second-order valence-electron chi connectivity index (χ2n) is 3.98. The van der Waals surface area contributed by atoms with Gasteiger partial charge in [-0.2, -0.15) is 0 Å². The predicted molar refractivity (Wildman–Crippen MR) is 72.4 cm³/mol. The summed E-state index contributed by atoms with van der Waals surface area (Å²) in [6.07, 6.45) is 2.83. The highest BCUT2D eigenvalue weighted by Crippen LogP contribution is 1.98. The van der Waals surface area contributed by atoms with Crippen LogP contribution in [-0.2, 0) is 16.4 Å². The van der Waals surface area contributed by atoms with Crippen molar-refractivity contribution in [2.75, 3.05) is 12.3 Å².